The molecule has 6 nitrogen and oxygen atoms in total. The molecule has 0 radical (unpaired) electrons. The summed E-state index contributed by atoms with van der Waals surface area (Å²) in [6, 6.07) is 11.8. The quantitative estimate of drug-likeness (QED) is 0.549. The van der Waals surface area contributed by atoms with Gasteiger partial charge in [0.2, 0.25) is 0 Å². The van der Waals surface area contributed by atoms with Crippen molar-refractivity contribution in [2.24, 2.45) is 0 Å². The Labute approximate surface area is 196 Å². The van der Waals surface area contributed by atoms with E-state index in [0.717, 1.165) is 17.7 Å². The number of carbonyl (C=O) groups excluding carboxylic acids is 1. The van der Waals surface area contributed by atoms with Gasteiger partial charge >= 0.3 is 19.4 Å². The van der Waals surface area contributed by atoms with Crippen LogP contribution in [0.1, 0.15) is 44.4 Å². The van der Waals surface area contributed by atoms with Crippen LogP contribution in [-0.2, 0) is 26.8 Å². The lowest BCUT2D eigenvalue weighted by Gasteiger charge is -2.32. The number of carbonyl (C=O) groups is 1. The number of phenols is 1. The highest BCUT2D eigenvalue weighted by molar-refractivity contribution is 6.56. The Hall–Kier alpha value is -2.98. The Balaban J connectivity index is 1.80. The first-order valence-electron chi connectivity index (χ1n) is 10.7. The van der Waals surface area contributed by atoms with E-state index in [0.29, 0.717) is 11.5 Å². The molecule has 10 heteroatoms. The minimum absolute atomic E-state index is 0.0713. The first-order valence-corrected chi connectivity index (χ1v) is 10.7. The predicted octanol–water partition coefficient (Wildman–Crippen LogP) is 5.35. The van der Waals surface area contributed by atoms with E-state index >= 15 is 0 Å². The van der Waals surface area contributed by atoms with Gasteiger partial charge in [-0.05, 0) is 50.9 Å². The lowest BCUT2D eigenvalue weighted by Crippen LogP contribution is -2.41. The summed E-state index contributed by atoms with van der Waals surface area (Å²) in [5.74, 6) is -0.560. The average molecular weight is 477 g/mol. The first-order chi connectivity index (χ1) is 15.8. The number of rotatable bonds is 6. The molecule has 1 aliphatic heterocycles. The highest BCUT2D eigenvalue weighted by atomic mass is 19.4. The zero-order valence-corrected chi connectivity index (χ0v) is 19.4. The number of hydrogen-bond donors (Lipinski definition) is 2. The van der Waals surface area contributed by atoms with E-state index in [1.165, 1.54) is 6.08 Å². The van der Waals surface area contributed by atoms with Gasteiger partial charge in [0.25, 0.3) is 0 Å². The van der Waals surface area contributed by atoms with Crippen molar-refractivity contribution in [3.63, 3.8) is 0 Å². The minimum Gasteiger partial charge on any atom is -0.507 e. The van der Waals surface area contributed by atoms with Gasteiger partial charge in [0.05, 0.1) is 16.8 Å². The summed E-state index contributed by atoms with van der Waals surface area (Å²) < 4.78 is 56.2. The molecule has 1 fully saturated rings. The summed E-state index contributed by atoms with van der Waals surface area (Å²) >= 11 is 0. The van der Waals surface area contributed by atoms with Crippen molar-refractivity contribution in [1.29, 1.82) is 0 Å². The summed E-state index contributed by atoms with van der Waals surface area (Å²) in [6.45, 7) is 7.39. The number of amides is 1. The molecule has 1 heterocycles. The van der Waals surface area contributed by atoms with Crippen LogP contribution in [-0.4, -0.2) is 36.1 Å². The van der Waals surface area contributed by atoms with Gasteiger partial charge in [-0.25, -0.2) is 4.79 Å². The van der Waals surface area contributed by atoms with E-state index in [4.69, 9.17) is 14.0 Å². The number of halogens is 3. The van der Waals surface area contributed by atoms with Crippen molar-refractivity contribution in [2.45, 2.75) is 51.7 Å². The molecule has 34 heavy (non-hydrogen) atoms. The Morgan fingerprint density at radius 1 is 1.09 bits per heavy atom. The molecular weight excluding hydrogens is 450 g/mol. The SMILES string of the molecule is CC1(C)OB(C(=Cc2ccc(C(F)(F)F)cc2O)CNC(=O)OCc2ccccc2)OC1(C)C. The van der Waals surface area contributed by atoms with E-state index in [1.807, 2.05) is 58.0 Å². The van der Waals surface area contributed by atoms with E-state index in [2.05, 4.69) is 5.32 Å². The Kier molecular flexibility index (Phi) is 7.33. The molecule has 2 aromatic carbocycles. The monoisotopic (exact) mass is 477 g/mol. The number of nitrogens with one attached hydrogen (secondary N) is 1. The Morgan fingerprint density at radius 2 is 1.71 bits per heavy atom. The zero-order chi connectivity index (χ0) is 25.1. The zero-order valence-electron chi connectivity index (χ0n) is 19.4. The normalized spacial score (nSPS) is 17.5. The molecule has 2 N–H and O–H groups in total. The van der Waals surface area contributed by atoms with Crippen LogP contribution in [0.25, 0.3) is 6.08 Å². The summed E-state index contributed by atoms with van der Waals surface area (Å²) in [5.41, 5.74) is -1.02. The Morgan fingerprint density at radius 3 is 2.26 bits per heavy atom. The summed E-state index contributed by atoms with van der Waals surface area (Å²) in [4.78, 5) is 12.2. The van der Waals surface area contributed by atoms with Crippen molar-refractivity contribution in [2.75, 3.05) is 6.54 Å². The van der Waals surface area contributed by atoms with Gasteiger partial charge in [0.1, 0.15) is 12.4 Å². The second-order valence-corrected chi connectivity index (χ2v) is 8.99. The predicted molar refractivity (Wildman–Crippen MR) is 122 cm³/mol. The van der Waals surface area contributed by atoms with Crippen LogP contribution in [0.5, 0.6) is 5.75 Å². The van der Waals surface area contributed by atoms with Crippen molar-refractivity contribution in [1.82, 2.24) is 5.32 Å². The second kappa shape index (κ2) is 9.72. The number of phenolic OH excluding ortho intramolecular Hbond substituents is 1. The van der Waals surface area contributed by atoms with Crippen LogP contribution in [0.15, 0.2) is 54.0 Å². The van der Waals surface area contributed by atoms with Crippen molar-refractivity contribution in [3.8, 4) is 5.75 Å². The van der Waals surface area contributed by atoms with Gasteiger partial charge in [-0.1, -0.05) is 42.5 Å². The number of ether oxygens (including phenoxy) is 1. The minimum atomic E-state index is -4.58. The highest BCUT2D eigenvalue weighted by Gasteiger charge is 2.52. The van der Waals surface area contributed by atoms with Crippen molar-refractivity contribution < 1.29 is 37.1 Å². The molecular formula is C24H27BF3NO5. The third kappa shape index (κ3) is 6.12. The summed E-state index contributed by atoms with van der Waals surface area (Å²) in [7, 11) is -0.902. The molecule has 0 aliphatic carbocycles. The maximum absolute atomic E-state index is 13.0. The van der Waals surface area contributed by atoms with E-state index in [9.17, 15) is 23.1 Å². The van der Waals surface area contributed by atoms with Crippen molar-refractivity contribution in [3.05, 3.63) is 70.7 Å². The third-order valence-corrected chi connectivity index (χ3v) is 5.90. The second-order valence-electron chi connectivity index (χ2n) is 8.99. The van der Waals surface area contributed by atoms with Crippen LogP contribution in [0.2, 0.25) is 0 Å². The van der Waals surface area contributed by atoms with Gasteiger partial charge in [0, 0.05) is 12.1 Å². The Bertz CT molecular complexity index is 1040. The summed E-state index contributed by atoms with van der Waals surface area (Å²) in [6.07, 6.45) is -3.84. The topological polar surface area (TPSA) is 77.0 Å². The number of benzene rings is 2. The molecule has 1 aliphatic rings. The maximum atomic E-state index is 13.0. The van der Waals surface area contributed by atoms with Gasteiger partial charge in [0.15, 0.2) is 0 Å². The third-order valence-electron chi connectivity index (χ3n) is 5.90. The van der Waals surface area contributed by atoms with Gasteiger partial charge in [-0.3, -0.25) is 0 Å². The number of alkyl halides is 3. The summed E-state index contributed by atoms with van der Waals surface area (Å²) in [5, 5.41) is 12.8. The fourth-order valence-corrected chi connectivity index (χ4v) is 3.19. The van der Waals surface area contributed by atoms with Crippen molar-refractivity contribution >= 4 is 19.3 Å². The highest BCUT2D eigenvalue weighted by Crippen LogP contribution is 2.39. The first kappa shape index (κ1) is 25.6. The van der Waals surface area contributed by atoms with E-state index in [1.54, 1.807) is 0 Å². The van der Waals surface area contributed by atoms with Gasteiger partial charge < -0.3 is 24.5 Å². The molecule has 1 amide bonds. The molecule has 0 atom stereocenters. The van der Waals surface area contributed by atoms with E-state index in [-0.39, 0.29) is 18.7 Å². The van der Waals surface area contributed by atoms with Crippen LogP contribution < -0.4 is 5.32 Å². The molecule has 0 aromatic heterocycles. The van der Waals surface area contributed by atoms with Crippen LogP contribution in [0, 0.1) is 0 Å². The number of aromatic hydroxyl groups is 1. The molecule has 3 rings (SSSR count). The van der Waals surface area contributed by atoms with Crippen LogP contribution >= 0.6 is 0 Å². The molecule has 1 saturated heterocycles. The maximum Gasteiger partial charge on any atom is 0.492 e. The lowest BCUT2D eigenvalue weighted by atomic mass is 9.77. The van der Waals surface area contributed by atoms with Crippen LogP contribution in [0.4, 0.5) is 18.0 Å². The molecule has 182 valence electrons. The standard InChI is InChI=1S/C24H27BF3NO5/c1-22(2)23(3,4)34-25(33-22)19(12-17-10-11-18(13-20(17)30)24(26,27)28)14-29-21(31)32-15-16-8-6-5-7-9-16/h5-13,30H,14-15H2,1-4H3,(H,29,31). The fourth-order valence-electron chi connectivity index (χ4n) is 3.19. The lowest BCUT2D eigenvalue weighted by molar-refractivity contribution is -0.137. The fraction of sp³-hybridized carbons (Fsp3) is 0.375. The molecule has 0 bridgehead atoms. The van der Waals surface area contributed by atoms with Gasteiger partial charge in [-0.2, -0.15) is 13.2 Å². The average Bonchev–Trinajstić information content (AvgIpc) is 2.97. The molecule has 0 saturated carbocycles. The number of alkyl carbamates (subject to hydrolysis) is 1. The molecule has 2 aromatic rings. The van der Waals surface area contributed by atoms with Gasteiger partial charge in [-0.15, -0.1) is 0 Å². The molecule has 0 spiro atoms. The number of hydrogen-bond acceptors (Lipinski definition) is 5. The van der Waals surface area contributed by atoms with E-state index < -0.39 is 41.9 Å². The van der Waals surface area contributed by atoms with Crippen LogP contribution in [0.3, 0.4) is 0 Å². The largest absolute Gasteiger partial charge is 0.507 e. The molecule has 0 unspecified atom stereocenters. The smallest absolute Gasteiger partial charge is 0.492 e.